The minimum atomic E-state index is -0.148. The highest BCUT2D eigenvalue weighted by atomic mass is 16.5. The minimum absolute atomic E-state index is 0.128. The van der Waals surface area contributed by atoms with Crippen LogP contribution in [-0.2, 0) is 0 Å². The molecule has 3 aromatic rings. The fraction of sp³-hybridized carbons (Fsp3) is 0.333. The lowest BCUT2D eigenvalue weighted by Gasteiger charge is -2.30. The molecule has 1 aromatic heterocycles. The molecule has 0 aliphatic carbocycles. The van der Waals surface area contributed by atoms with Crippen LogP contribution in [0.2, 0.25) is 0 Å². The third-order valence-corrected chi connectivity index (χ3v) is 5.57. The number of amides is 1. The van der Waals surface area contributed by atoms with Crippen LogP contribution in [0.3, 0.4) is 0 Å². The molecule has 1 saturated heterocycles. The van der Waals surface area contributed by atoms with E-state index in [1.807, 2.05) is 44.2 Å². The second-order valence-corrected chi connectivity index (χ2v) is 7.64. The van der Waals surface area contributed by atoms with Crippen LogP contribution in [0, 0.1) is 6.92 Å². The van der Waals surface area contributed by atoms with E-state index in [0.717, 1.165) is 30.6 Å². The number of likely N-dealkylation sites (tertiary alicyclic amines) is 1. The minimum Gasteiger partial charge on any atom is -0.492 e. The zero-order valence-corrected chi connectivity index (χ0v) is 17.5. The summed E-state index contributed by atoms with van der Waals surface area (Å²) in [6.07, 6.45) is 3.02. The zero-order chi connectivity index (χ0) is 21.1. The molecular formula is C24H27N3O3. The number of aryl methyl sites for hydroxylation is 1. The van der Waals surface area contributed by atoms with E-state index in [-0.39, 0.29) is 11.5 Å². The van der Waals surface area contributed by atoms with Crippen molar-refractivity contribution in [1.29, 1.82) is 0 Å². The van der Waals surface area contributed by atoms with Gasteiger partial charge >= 0.3 is 0 Å². The topological polar surface area (TPSA) is 63.6 Å². The third-order valence-electron chi connectivity index (χ3n) is 5.57. The molecule has 0 radical (unpaired) electrons. The molecule has 1 aliphatic heterocycles. The van der Waals surface area contributed by atoms with Crippen molar-refractivity contribution < 1.29 is 9.53 Å². The number of nitrogens with one attached hydrogen (secondary N) is 1. The van der Waals surface area contributed by atoms with Gasteiger partial charge in [-0.2, -0.15) is 0 Å². The van der Waals surface area contributed by atoms with Gasteiger partial charge in [-0.25, -0.2) is 0 Å². The van der Waals surface area contributed by atoms with Crippen molar-refractivity contribution >= 4 is 16.7 Å². The van der Waals surface area contributed by atoms with Gasteiger partial charge in [-0.05, 0) is 74.6 Å². The Labute approximate surface area is 176 Å². The van der Waals surface area contributed by atoms with Crippen LogP contribution in [0.1, 0.15) is 29.3 Å². The maximum atomic E-state index is 13.3. The first-order valence-electron chi connectivity index (χ1n) is 10.5. The molecule has 6 nitrogen and oxygen atoms in total. The SMILES string of the molecule is CCNC(=O)c1ccc(C)c(-n2ccc3ccc(OCCN4CCC4)cc3c2=O)c1. The summed E-state index contributed by atoms with van der Waals surface area (Å²) in [5, 5.41) is 4.26. The van der Waals surface area contributed by atoms with Crippen LogP contribution in [0.4, 0.5) is 0 Å². The highest BCUT2D eigenvalue weighted by Gasteiger charge is 2.14. The second kappa shape index (κ2) is 8.71. The lowest BCUT2D eigenvalue weighted by Crippen LogP contribution is -2.39. The molecule has 30 heavy (non-hydrogen) atoms. The Morgan fingerprint density at radius 2 is 1.97 bits per heavy atom. The number of pyridine rings is 1. The molecule has 2 heterocycles. The number of carbonyl (C=O) groups is 1. The van der Waals surface area contributed by atoms with Gasteiger partial charge in [0.2, 0.25) is 0 Å². The number of hydrogen-bond acceptors (Lipinski definition) is 4. The molecule has 1 fully saturated rings. The summed E-state index contributed by atoms with van der Waals surface area (Å²) in [4.78, 5) is 27.9. The quantitative estimate of drug-likeness (QED) is 0.656. The third kappa shape index (κ3) is 4.09. The van der Waals surface area contributed by atoms with Gasteiger partial charge in [0.15, 0.2) is 0 Å². The molecular weight excluding hydrogens is 378 g/mol. The Balaban J connectivity index is 1.66. The van der Waals surface area contributed by atoms with E-state index >= 15 is 0 Å². The predicted molar refractivity (Wildman–Crippen MR) is 119 cm³/mol. The summed E-state index contributed by atoms with van der Waals surface area (Å²) < 4.78 is 7.48. The Morgan fingerprint density at radius 1 is 1.13 bits per heavy atom. The largest absolute Gasteiger partial charge is 0.492 e. The summed E-state index contributed by atoms with van der Waals surface area (Å²) >= 11 is 0. The fourth-order valence-electron chi connectivity index (χ4n) is 3.67. The van der Waals surface area contributed by atoms with E-state index in [0.29, 0.717) is 35.5 Å². The van der Waals surface area contributed by atoms with Crippen LogP contribution < -0.4 is 15.6 Å². The number of ether oxygens (including phenoxy) is 1. The van der Waals surface area contributed by atoms with Crippen LogP contribution in [0.15, 0.2) is 53.5 Å². The predicted octanol–water partition coefficient (Wildman–Crippen LogP) is 3.13. The van der Waals surface area contributed by atoms with E-state index in [1.165, 1.54) is 6.42 Å². The van der Waals surface area contributed by atoms with Gasteiger partial charge in [-0.15, -0.1) is 0 Å². The number of carbonyl (C=O) groups excluding carboxylic acids is 1. The number of rotatable bonds is 7. The maximum absolute atomic E-state index is 13.3. The van der Waals surface area contributed by atoms with Gasteiger partial charge in [0.05, 0.1) is 11.1 Å². The smallest absolute Gasteiger partial charge is 0.263 e. The summed E-state index contributed by atoms with van der Waals surface area (Å²) in [7, 11) is 0. The van der Waals surface area contributed by atoms with E-state index < -0.39 is 0 Å². The average Bonchev–Trinajstić information content (AvgIpc) is 2.71. The molecule has 1 amide bonds. The van der Waals surface area contributed by atoms with Crippen LogP contribution in [0.25, 0.3) is 16.5 Å². The monoisotopic (exact) mass is 405 g/mol. The number of aromatic nitrogens is 1. The molecule has 2 aromatic carbocycles. The maximum Gasteiger partial charge on any atom is 0.263 e. The molecule has 1 N–H and O–H groups in total. The van der Waals surface area contributed by atoms with Crippen molar-refractivity contribution in [2.75, 3.05) is 32.8 Å². The standard InChI is InChI=1S/C24H27N3O3/c1-3-25-23(28)19-6-5-17(2)22(15-19)27-12-9-18-7-8-20(16-21(18)24(27)29)30-14-13-26-10-4-11-26/h5-9,12,15-16H,3-4,10-11,13-14H2,1-2H3,(H,25,28). The zero-order valence-electron chi connectivity index (χ0n) is 17.5. The van der Waals surface area contributed by atoms with E-state index in [2.05, 4.69) is 10.2 Å². The van der Waals surface area contributed by atoms with Gasteiger partial charge in [0, 0.05) is 24.8 Å². The van der Waals surface area contributed by atoms with Gasteiger partial charge in [0.1, 0.15) is 12.4 Å². The van der Waals surface area contributed by atoms with Crippen molar-refractivity contribution in [2.24, 2.45) is 0 Å². The van der Waals surface area contributed by atoms with Crippen molar-refractivity contribution in [2.45, 2.75) is 20.3 Å². The molecule has 4 rings (SSSR count). The number of hydrogen-bond donors (Lipinski definition) is 1. The van der Waals surface area contributed by atoms with Gasteiger partial charge < -0.3 is 10.1 Å². The molecule has 0 spiro atoms. The number of benzene rings is 2. The lowest BCUT2D eigenvalue weighted by atomic mass is 10.1. The van der Waals surface area contributed by atoms with Gasteiger partial charge in [-0.1, -0.05) is 12.1 Å². The Morgan fingerprint density at radius 3 is 2.70 bits per heavy atom. The van der Waals surface area contributed by atoms with Crippen molar-refractivity contribution in [3.63, 3.8) is 0 Å². The second-order valence-electron chi connectivity index (χ2n) is 7.64. The Hall–Kier alpha value is -3.12. The van der Waals surface area contributed by atoms with Crippen LogP contribution in [-0.4, -0.2) is 48.2 Å². The normalized spacial score (nSPS) is 13.8. The molecule has 156 valence electrons. The molecule has 0 bridgehead atoms. The molecule has 1 aliphatic rings. The molecule has 0 unspecified atom stereocenters. The summed E-state index contributed by atoms with van der Waals surface area (Å²) in [6, 6.07) is 13.0. The molecule has 0 saturated carbocycles. The number of nitrogens with zero attached hydrogens (tertiary/aromatic N) is 2. The van der Waals surface area contributed by atoms with Crippen molar-refractivity contribution in [3.8, 4) is 11.4 Å². The van der Waals surface area contributed by atoms with E-state index in [4.69, 9.17) is 4.74 Å². The molecule has 6 heteroatoms. The lowest BCUT2D eigenvalue weighted by molar-refractivity contribution is 0.0956. The van der Waals surface area contributed by atoms with Crippen molar-refractivity contribution in [3.05, 3.63) is 70.1 Å². The van der Waals surface area contributed by atoms with E-state index in [9.17, 15) is 9.59 Å². The number of fused-ring (bicyclic) bond motifs is 1. The van der Waals surface area contributed by atoms with E-state index in [1.54, 1.807) is 22.9 Å². The average molecular weight is 405 g/mol. The summed E-state index contributed by atoms with van der Waals surface area (Å²) in [5.41, 5.74) is 2.03. The first-order valence-corrected chi connectivity index (χ1v) is 10.5. The Kier molecular flexibility index (Phi) is 5.86. The fourth-order valence-corrected chi connectivity index (χ4v) is 3.67. The molecule has 0 atom stereocenters. The van der Waals surface area contributed by atoms with Crippen LogP contribution in [0.5, 0.6) is 5.75 Å². The first-order chi connectivity index (χ1) is 14.6. The highest BCUT2D eigenvalue weighted by molar-refractivity contribution is 5.95. The van der Waals surface area contributed by atoms with Crippen LogP contribution >= 0.6 is 0 Å². The highest BCUT2D eigenvalue weighted by Crippen LogP contribution is 2.21. The van der Waals surface area contributed by atoms with Crippen molar-refractivity contribution in [1.82, 2.24) is 14.8 Å². The first kappa shape index (κ1) is 20.2. The summed E-state index contributed by atoms with van der Waals surface area (Å²) in [6.45, 7) is 8.16. The summed E-state index contributed by atoms with van der Waals surface area (Å²) in [5.74, 6) is 0.552. The Bertz CT molecular complexity index is 1130. The van der Waals surface area contributed by atoms with Gasteiger partial charge in [-0.3, -0.25) is 19.1 Å². The van der Waals surface area contributed by atoms with Gasteiger partial charge in [0.25, 0.3) is 11.5 Å².